The van der Waals surface area contributed by atoms with Crippen LogP contribution in [-0.2, 0) is 9.31 Å². The number of nitrogens with zero attached hydrogens (tertiary/aromatic N) is 1. The highest BCUT2D eigenvalue weighted by Crippen LogP contribution is 2.26. The van der Waals surface area contributed by atoms with Gasteiger partial charge in [0.1, 0.15) is 0 Å². The van der Waals surface area contributed by atoms with Crippen molar-refractivity contribution in [3.05, 3.63) is 23.9 Å². The van der Waals surface area contributed by atoms with Crippen molar-refractivity contribution in [3.8, 4) is 0 Å². The molecule has 2 rings (SSSR count). The van der Waals surface area contributed by atoms with Crippen LogP contribution in [0.3, 0.4) is 0 Å². The van der Waals surface area contributed by atoms with E-state index in [2.05, 4.69) is 4.98 Å². The zero-order valence-electron chi connectivity index (χ0n) is 9.65. The lowest BCUT2D eigenvalue weighted by molar-refractivity contribution is 0.0842. The third-order valence-corrected chi connectivity index (χ3v) is 2.87. The Kier molecular flexibility index (Phi) is 2.56. The summed E-state index contributed by atoms with van der Waals surface area (Å²) >= 11 is 0. The van der Waals surface area contributed by atoms with E-state index < -0.39 is 0 Å². The molecule has 0 aliphatic carbocycles. The van der Waals surface area contributed by atoms with Gasteiger partial charge in [-0.05, 0) is 39.8 Å². The summed E-state index contributed by atoms with van der Waals surface area (Å²) in [4.78, 5) is 4.41. The number of pyridine rings is 1. The minimum Gasteiger partial charge on any atom is -0.401 e. The topological polar surface area (TPSA) is 31.4 Å². The van der Waals surface area contributed by atoms with Gasteiger partial charge in [0.25, 0.3) is 0 Å². The minimum absolute atomic E-state index is 0.0878. The molecule has 1 saturated heterocycles. The van der Waals surface area contributed by atoms with Crippen molar-refractivity contribution >= 4 is 12.7 Å². The maximum absolute atomic E-state index is 5.82. The molecule has 0 aromatic carbocycles. The number of aryl methyl sites for hydroxylation is 1. The van der Waals surface area contributed by atoms with Crippen LogP contribution in [0.5, 0.6) is 0 Å². The van der Waals surface area contributed by atoms with E-state index in [4.69, 9.17) is 9.31 Å². The van der Waals surface area contributed by atoms with Crippen molar-refractivity contribution in [1.29, 1.82) is 0 Å². The van der Waals surface area contributed by atoms with Gasteiger partial charge in [0.2, 0.25) is 0 Å². The summed E-state index contributed by atoms with van der Waals surface area (Å²) in [5.74, 6) is 0. The third-order valence-electron chi connectivity index (χ3n) is 2.87. The Morgan fingerprint density at radius 3 is 2.67 bits per heavy atom. The Balaban J connectivity index is 2.21. The van der Waals surface area contributed by atoms with E-state index >= 15 is 0 Å². The number of hydrogen-bond acceptors (Lipinski definition) is 3. The molecule has 15 heavy (non-hydrogen) atoms. The monoisotopic (exact) mass is 205 g/mol. The molecule has 2 heterocycles. The van der Waals surface area contributed by atoms with Crippen LogP contribution in [-0.4, -0.2) is 23.8 Å². The largest absolute Gasteiger partial charge is 0.514 e. The normalized spacial score (nSPS) is 24.5. The Morgan fingerprint density at radius 2 is 2.13 bits per heavy atom. The van der Waals surface area contributed by atoms with E-state index in [0.29, 0.717) is 0 Å². The smallest absolute Gasteiger partial charge is 0.401 e. The first-order chi connectivity index (χ1) is 6.99. The van der Waals surface area contributed by atoms with E-state index in [0.717, 1.165) is 11.3 Å². The fourth-order valence-corrected chi connectivity index (χ4v) is 1.57. The lowest BCUT2D eigenvalue weighted by Gasteiger charge is -2.21. The number of rotatable bonds is 1. The first-order valence-electron chi connectivity index (χ1n) is 5.26. The molecule has 1 aromatic rings. The third kappa shape index (κ3) is 2.06. The molecule has 3 nitrogen and oxygen atoms in total. The predicted molar refractivity (Wildman–Crippen MR) is 60.1 cm³/mol. The van der Waals surface area contributed by atoms with Crippen LogP contribution in [0.25, 0.3) is 0 Å². The van der Waals surface area contributed by atoms with Crippen LogP contribution in [0.4, 0.5) is 0 Å². The summed E-state index contributed by atoms with van der Waals surface area (Å²) in [6.45, 7) is 8.06. The molecule has 1 fully saturated rings. The van der Waals surface area contributed by atoms with Gasteiger partial charge in [-0.15, -0.1) is 0 Å². The van der Waals surface area contributed by atoms with Crippen LogP contribution in [0, 0.1) is 6.92 Å². The molecule has 1 atom stereocenters. The average molecular weight is 205 g/mol. The van der Waals surface area contributed by atoms with E-state index in [1.807, 2.05) is 45.9 Å². The summed E-state index contributed by atoms with van der Waals surface area (Å²) in [5, 5.41) is 0. The van der Waals surface area contributed by atoms with Gasteiger partial charge >= 0.3 is 7.12 Å². The summed E-state index contributed by atoms with van der Waals surface area (Å²) in [7, 11) is -0.324. The van der Waals surface area contributed by atoms with E-state index in [1.165, 1.54) is 0 Å². The SMILES string of the molecule is Cc1cccc(B2OC(C)C(C)(C)O2)n1. The predicted octanol–water partition coefficient (Wildman–Crippen LogP) is 1.30. The molecule has 1 aliphatic heterocycles. The van der Waals surface area contributed by atoms with Crippen LogP contribution in [0.15, 0.2) is 18.2 Å². The Labute approximate surface area is 91.0 Å². The molecule has 0 bridgehead atoms. The first-order valence-corrected chi connectivity index (χ1v) is 5.26. The van der Waals surface area contributed by atoms with Gasteiger partial charge in [0.15, 0.2) is 0 Å². The molecule has 0 saturated carbocycles. The van der Waals surface area contributed by atoms with Crippen LogP contribution in [0.1, 0.15) is 26.5 Å². The molecule has 4 heteroatoms. The fourth-order valence-electron chi connectivity index (χ4n) is 1.57. The molecular formula is C11H16BNO2. The van der Waals surface area contributed by atoms with Gasteiger partial charge in [0.05, 0.1) is 17.3 Å². The maximum Gasteiger partial charge on any atom is 0.514 e. The van der Waals surface area contributed by atoms with Crippen molar-refractivity contribution in [1.82, 2.24) is 4.98 Å². The van der Waals surface area contributed by atoms with Gasteiger partial charge in [-0.25, -0.2) is 0 Å². The maximum atomic E-state index is 5.82. The second kappa shape index (κ2) is 3.61. The van der Waals surface area contributed by atoms with Gasteiger partial charge in [0, 0.05) is 5.69 Å². The van der Waals surface area contributed by atoms with Gasteiger partial charge in [-0.1, -0.05) is 6.07 Å². The standard InChI is InChI=1S/C11H16BNO2/c1-8-6-5-7-10(13-8)12-14-9(2)11(3,4)15-12/h5-7,9H,1-4H3. The summed E-state index contributed by atoms with van der Waals surface area (Å²) in [6.07, 6.45) is 0.0878. The second-order valence-electron chi connectivity index (χ2n) is 4.54. The number of aromatic nitrogens is 1. The Hall–Kier alpha value is -0.865. The van der Waals surface area contributed by atoms with Crippen LogP contribution in [0.2, 0.25) is 0 Å². The van der Waals surface area contributed by atoms with Crippen molar-refractivity contribution in [2.45, 2.75) is 39.4 Å². The molecule has 1 aromatic heterocycles. The van der Waals surface area contributed by atoms with Gasteiger partial charge in [-0.3, -0.25) is 4.98 Å². The van der Waals surface area contributed by atoms with Crippen LogP contribution >= 0.6 is 0 Å². The van der Waals surface area contributed by atoms with Gasteiger partial charge < -0.3 is 9.31 Å². The fraction of sp³-hybridized carbons (Fsp3) is 0.545. The highest BCUT2D eigenvalue weighted by molar-refractivity contribution is 6.61. The molecule has 0 amide bonds. The molecule has 0 N–H and O–H groups in total. The van der Waals surface area contributed by atoms with E-state index in [-0.39, 0.29) is 18.8 Å². The highest BCUT2D eigenvalue weighted by Gasteiger charge is 2.44. The minimum atomic E-state index is -0.324. The number of hydrogen-bond donors (Lipinski definition) is 0. The first kappa shape index (κ1) is 10.6. The van der Waals surface area contributed by atoms with E-state index in [9.17, 15) is 0 Å². The van der Waals surface area contributed by atoms with Crippen molar-refractivity contribution in [2.75, 3.05) is 0 Å². The lowest BCUT2D eigenvalue weighted by Crippen LogP contribution is -2.36. The van der Waals surface area contributed by atoms with E-state index in [1.54, 1.807) is 0 Å². The summed E-state index contributed by atoms with van der Waals surface area (Å²) in [5.41, 5.74) is 1.60. The Morgan fingerprint density at radius 1 is 1.40 bits per heavy atom. The molecule has 80 valence electrons. The molecule has 0 radical (unpaired) electrons. The van der Waals surface area contributed by atoms with Crippen molar-refractivity contribution < 1.29 is 9.31 Å². The summed E-state index contributed by atoms with van der Waals surface area (Å²) < 4.78 is 11.6. The quantitative estimate of drug-likeness (QED) is 0.647. The highest BCUT2D eigenvalue weighted by atomic mass is 16.7. The lowest BCUT2D eigenvalue weighted by atomic mass is 9.84. The molecule has 1 unspecified atom stereocenters. The van der Waals surface area contributed by atoms with Crippen molar-refractivity contribution in [3.63, 3.8) is 0 Å². The molecule has 1 aliphatic rings. The van der Waals surface area contributed by atoms with Gasteiger partial charge in [-0.2, -0.15) is 0 Å². The van der Waals surface area contributed by atoms with Crippen LogP contribution < -0.4 is 5.59 Å². The Bertz CT molecular complexity index is 367. The zero-order chi connectivity index (χ0) is 11.1. The summed E-state index contributed by atoms with van der Waals surface area (Å²) in [6, 6.07) is 5.87. The molecule has 0 spiro atoms. The zero-order valence-corrected chi connectivity index (χ0v) is 9.65. The molecular weight excluding hydrogens is 189 g/mol. The van der Waals surface area contributed by atoms with Crippen molar-refractivity contribution in [2.24, 2.45) is 0 Å². The average Bonchev–Trinajstić information content (AvgIpc) is 2.42. The second-order valence-corrected chi connectivity index (χ2v) is 4.54.